The lowest BCUT2D eigenvalue weighted by atomic mass is 9.89. The van der Waals surface area contributed by atoms with Crippen molar-refractivity contribution in [1.82, 2.24) is 4.98 Å². The molecule has 0 amide bonds. The second-order valence-electron chi connectivity index (χ2n) is 5.68. The van der Waals surface area contributed by atoms with Crippen LogP contribution in [0.1, 0.15) is 26.0 Å². The Balaban J connectivity index is 2.03. The highest BCUT2D eigenvalue weighted by Crippen LogP contribution is 2.47. The zero-order valence-electron chi connectivity index (χ0n) is 12.3. The highest BCUT2D eigenvalue weighted by atomic mass is 19.4. The summed E-state index contributed by atoms with van der Waals surface area (Å²) in [5.74, 6) is -0.760. The van der Waals surface area contributed by atoms with Gasteiger partial charge in [-0.05, 0) is 31.4 Å². The van der Waals surface area contributed by atoms with Crippen LogP contribution in [0.2, 0.25) is 0 Å². The summed E-state index contributed by atoms with van der Waals surface area (Å²) in [4.78, 5) is 3.92. The van der Waals surface area contributed by atoms with Gasteiger partial charge >= 0.3 is 6.18 Å². The van der Waals surface area contributed by atoms with Crippen LogP contribution in [0.25, 0.3) is 0 Å². The van der Waals surface area contributed by atoms with E-state index >= 15 is 0 Å². The lowest BCUT2D eigenvalue weighted by Crippen LogP contribution is -2.47. The van der Waals surface area contributed by atoms with Crippen molar-refractivity contribution in [2.45, 2.75) is 51.0 Å². The number of hydrogen-bond donors (Lipinski definition) is 3. The van der Waals surface area contributed by atoms with Gasteiger partial charge < -0.3 is 20.3 Å². The molecule has 1 aromatic rings. The van der Waals surface area contributed by atoms with Gasteiger partial charge in [-0.15, -0.1) is 0 Å². The Bertz CT molecular complexity index is 509. The molecule has 0 spiro atoms. The van der Waals surface area contributed by atoms with E-state index in [4.69, 9.17) is 9.84 Å². The number of halogens is 3. The first kappa shape index (κ1) is 17.0. The molecule has 1 aromatic heterocycles. The number of nitrogens with zero attached hydrogens (tertiary/aromatic N) is 1. The van der Waals surface area contributed by atoms with Crippen molar-refractivity contribution in [3.8, 4) is 0 Å². The summed E-state index contributed by atoms with van der Waals surface area (Å²) >= 11 is 0. The first-order valence-corrected chi connectivity index (χ1v) is 6.92. The van der Waals surface area contributed by atoms with E-state index in [1.54, 1.807) is 12.1 Å². The number of aliphatic hydroxyl groups excluding tert-OH is 2. The third-order valence-electron chi connectivity index (χ3n) is 4.14. The molecule has 2 heterocycles. The lowest BCUT2D eigenvalue weighted by molar-refractivity contribution is -0.278. The van der Waals surface area contributed by atoms with Crippen LogP contribution in [0.3, 0.4) is 0 Å². The second-order valence-corrected chi connectivity index (χ2v) is 5.68. The molecule has 5 nitrogen and oxygen atoms in total. The van der Waals surface area contributed by atoms with E-state index in [9.17, 15) is 18.3 Å². The molecule has 4 atom stereocenters. The van der Waals surface area contributed by atoms with Gasteiger partial charge in [-0.1, -0.05) is 6.92 Å². The Morgan fingerprint density at radius 3 is 2.64 bits per heavy atom. The molecule has 1 aliphatic rings. The third kappa shape index (κ3) is 3.18. The van der Waals surface area contributed by atoms with Crippen LogP contribution in [-0.4, -0.2) is 39.3 Å². The van der Waals surface area contributed by atoms with Gasteiger partial charge in [-0.25, -0.2) is 0 Å². The zero-order chi connectivity index (χ0) is 16.5. The minimum absolute atomic E-state index is 0.0896. The van der Waals surface area contributed by atoms with Gasteiger partial charge in [0.1, 0.15) is 6.10 Å². The number of rotatable bonds is 4. The van der Waals surface area contributed by atoms with Crippen LogP contribution in [0.5, 0.6) is 0 Å². The Morgan fingerprint density at radius 2 is 2.18 bits per heavy atom. The largest absolute Gasteiger partial charge is 0.417 e. The molecule has 0 radical (unpaired) electrons. The summed E-state index contributed by atoms with van der Waals surface area (Å²) in [6.07, 6.45) is -5.28. The van der Waals surface area contributed by atoms with Crippen molar-refractivity contribution >= 4 is 5.69 Å². The van der Waals surface area contributed by atoms with Crippen molar-refractivity contribution in [3.63, 3.8) is 0 Å². The minimum Gasteiger partial charge on any atom is -0.390 e. The molecule has 0 saturated carbocycles. The van der Waals surface area contributed by atoms with Gasteiger partial charge in [0.05, 0.1) is 24.2 Å². The van der Waals surface area contributed by atoms with Crippen molar-refractivity contribution in [3.05, 3.63) is 24.0 Å². The highest BCUT2D eigenvalue weighted by molar-refractivity contribution is 5.41. The summed E-state index contributed by atoms with van der Waals surface area (Å²) in [5, 5.41) is 21.6. The predicted octanol–water partition coefficient (Wildman–Crippen LogP) is 2.05. The van der Waals surface area contributed by atoms with E-state index in [1.165, 1.54) is 13.1 Å². The summed E-state index contributed by atoms with van der Waals surface area (Å²) in [5.41, 5.74) is -1.38. The number of nitrogens with one attached hydrogen (secondary N) is 1. The van der Waals surface area contributed by atoms with E-state index in [0.29, 0.717) is 11.4 Å². The standard InChI is InChI=1S/C14H19F3N2O3/c1-8-5-11(22-13(8,2)14(15,16)17)12(21)19-9-3-4-10(7-20)18-6-9/h3-4,6,8,11-12,19-21H,5,7H2,1-2H3/t8-,11?,12?,13+/m0/s1. The SMILES string of the molecule is C[C@H]1CC(C(O)Nc2ccc(CO)nc2)O[C@@]1(C)C(F)(F)F. The molecule has 0 bridgehead atoms. The van der Waals surface area contributed by atoms with E-state index in [0.717, 1.165) is 6.92 Å². The van der Waals surface area contributed by atoms with Gasteiger partial charge in [0.25, 0.3) is 0 Å². The number of aliphatic hydroxyl groups is 2. The summed E-state index contributed by atoms with van der Waals surface area (Å²) in [6, 6.07) is 3.12. The van der Waals surface area contributed by atoms with Crippen LogP contribution >= 0.6 is 0 Å². The molecule has 124 valence electrons. The Labute approximate surface area is 126 Å². The quantitative estimate of drug-likeness (QED) is 0.741. The molecular weight excluding hydrogens is 301 g/mol. The maximum atomic E-state index is 13.1. The van der Waals surface area contributed by atoms with Crippen LogP contribution in [0, 0.1) is 5.92 Å². The normalized spacial score (nSPS) is 30.3. The van der Waals surface area contributed by atoms with E-state index in [2.05, 4.69) is 10.3 Å². The maximum Gasteiger partial charge on any atom is 0.417 e. The molecule has 22 heavy (non-hydrogen) atoms. The Kier molecular flexibility index (Phi) is 4.65. The smallest absolute Gasteiger partial charge is 0.390 e. The minimum atomic E-state index is -4.49. The van der Waals surface area contributed by atoms with E-state index < -0.39 is 30.0 Å². The highest BCUT2D eigenvalue weighted by Gasteiger charge is 2.61. The number of hydrogen-bond acceptors (Lipinski definition) is 5. The molecule has 1 aliphatic heterocycles. The van der Waals surface area contributed by atoms with Crippen LogP contribution in [0.15, 0.2) is 18.3 Å². The number of pyridine rings is 1. The van der Waals surface area contributed by atoms with Crippen molar-refractivity contribution in [1.29, 1.82) is 0 Å². The molecule has 1 fully saturated rings. The van der Waals surface area contributed by atoms with Gasteiger partial charge in [0.2, 0.25) is 0 Å². The maximum absolute atomic E-state index is 13.1. The van der Waals surface area contributed by atoms with Crippen LogP contribution in [-0.2, 0) is 11.3 Å². The average molecular weight is 320 g/mol. The molecular formula is C14H19F3N2O3. The first-order chi connectivity index (χ1) is 10.2. The lowest BCUT2D eigenvalue weighted by Gasteiger charge is -2.31. The number of ether oxygens (including phenoxy) is 1. The van der Waals surface area contributed by atoms with Crippen molar-refractivity contribution in [2.24, 2.45) is 5.92 Å². The van der Waals surface area contributed by atoms with Crippen molar-refractivity contribution < 1.29 is 28.1 Å². The summed E-state index contributed by atoms with van der Waals surface area (Å²) in [6.45, 7) is 2.25. The molecule has 1 saturated heterocycles. The van der Waals surface area contributed by atoms with E-state index in [1.807, 2.05) is 0 Å². The fraction of sp³-hybridized carbons (Fsp3) is 0.643. The molecule has 0 aliphatic carbocycles. The van der Waals surface area contributed by atoms with Gasteiger partial charge in [0, 0.05) is 0 Å². The predicted molar refractivity (Wildman–Crippen MR) is 72.9 cm³/mol. The van der Waals surface area contributed by atoms with Gasteiger partial charge in [-0.2, -0.15) is 13.2 Å². The van der Waals surface area contributed by atoms with E-state index in [-0.39, 0.29) is 13.0 Å². The fourth-order valence-corrected chi connectivity index (χ4v) is 2.46. The summed E-state index contributed by atoms with van der Waals surface area (Å²) < 4.78 is 44.4. The molecule has 3 N–H and O–H groups in total. The Morgan fingerprint density at radius 1 is 1.50 bits per heavy atom. The molecule has 2 rings (SSSR count). The molecule has 2 unspecified atom stereocenters. The number of aromatic nitrogens is 1. The first-order valence-electron chi connectivity index (χ1n) is 6.92. The van der Waals surface area contributed by atoms with Gasteiger partial charge in [-0.3, -0.25) is 4.98 Å². The average Bonchev–Trinajstić information content (AvgIpc) is 2.77. The fourth-order valence-electron chi connectivity index (χ4n) is 2.46. The molecule has 8 heteroatoms. The second kappa shape index (κ2) is 6.02. The topological polar surface area (TPSA) is 74.6 Å². The molecule has 0 aromatic carbocycles. The Hall–Kier alpha value is -1.38. The summed E-state index contributed by atoms with van der Waals surface area (Å²) in [7, 11) is 0. The van der Waals surface area contributed by atoms with Crippen LogP contribution in [0.4, 0.5) is 18.9 Å². The third-order valence-corrected chi connectivity index (χ3v) is 4.14. The zero-order valence-corrected chi connectivity index (χ0v) is 12.3. The van der Waals surface area contributed by atoms with Crippen molar-refractivity contribution in [2.75, 3.05) is 5.32 Å². The van der Waals surface area contributed by atoms with Gasteiger partial charge in [0.15, 0.2) is 11.8 Å². The number of anilines is 1. The monoisotopic (exact) mass is 320 g/mol. The van der Waals surface area contributed by atoms with Crippen LogP contribution < -0.4 is 5.32 Å². The number of alkyl halides is 3.